The van der Waals surface area contributed by atoms with Crippen molar-refractivity contribution < 1.29 is 28.6 Å². The summed E-state index contributed by atoms with van der Waals surface area (Å²) in [7, 11) is 0. The third-order valence-electron chi connectivity index (χ3n) is 14.0. The average molecular weight is 934 g/mol. The first kappa shape index (κ1) is 64.4. The molecular formula is C60H116O6. The lowest BCUT2D eigenvalue weighted by atomic mass is 9.99. The summed E-state index contributed by atoms with van der Waals surface area (Å²) in [5.74, 6) is 1.67. The first-order valence-corrected chi connectivity index (χ1v) is 29.6. The van der Waals surface area contributed by atoms with Crippen molar-refractivity contribution in [2.75, 3.05) is 13.2 Å². The van der Waals surface area contributed by atoms with Gasteiger partial charge in [0.1, 0.15) is 13.2 Å². The van der Waals surface area contributed by atoms with Crippen LogP contribution in [-0.2, 0) is 28.6 Å². The van der Waals surface area contributed by atoms with Crippen molar-refractivity contribution in [2.45, 2.75) is 337 Å². The van der Waals surface area contributed by atoms with E-state index in [2.05, 4.69) is 41.5 Å². The smallest absolute Gasteiger partial charge is 0.306 e. The average Bonchev–Trinajstić information content (AvgIpc) is 3.29. The van der Waals surface area contributed by atoms with Crippen LogP contribution in [0.25, 0.3) is 0 Å². The molecule has 0 aliphatic rings. The highest BCUT2D eigenvalue weighted by molar-refractivity contribution is 5.71. The van der Waals surface area contributed by atoms with Crippen molar-refractivity contribution in [2.24, 2.45) is 17.8 Å². The predicted octanol–water partition coefficient (Wildman–Crippen LogP) is 19.5. The van der Waals surface area contributed by atoms with Crippen LogP contribution < -0.4 is 0 Å². The quantitative estimate of drug-likeness (QED) is 0.0343. The van der Waals surface area contributed by atoms with Crippen LogP contribution in [0.5, 0.6) is 0 Å². The van der Waals surface area contributed by atoms with Gasteiger partial charge in [0, 0.05) is 19.3 Å². The number of carbonyl (C=O) groups excluding carboxylic acids is 3. The fourth-order valence-corrected chi connectivity index (χ4v) is 9.14. The Labute approximate surface area is 412 Å². The van der Waals surface area contributed by atoms with Gasteiger partial charge in [-0.15, -0.1) is 0 Å². The maximum Gasteiger partial charge on any atom is 0.306 e. The molecule has 0 N–H and O–H groups in total. The molecule has 6 nitrogen and oxygen atoms in total. The van der Waals surface area contributed by atoms with E-state index in [1.165, 1.54) is 212 Å². The summed E-state index contributed by atoms with van der Waals surface area (Å²) in [6.07, 6.45) is 54.0. The van der Waals surface area contributed by atoms with Gasteiger partial charge in [0.2, 0.25) is 0 Å². The molecular weight excluding hydrogens is 817 g/mol. The van der Waals surface area contributed by atoms with Crippen LogP contribution in [0.1, 0.15) is 330 Å². The molecule has 0 saturated heterocycles. The number of carbonyl (C=O) groups is 3. The van der Waals surface area contributed by atoms with Crippen LogP contribution >= 0.6 is 0 Å². The van der Waals surface area contributed by atoms with Gasteiger partial charge in [0.05, 0.1) is 0 Å². The van der Waals surface area contributed by atoms with Crippen LogP contribution in [0.15, 0.2) is 0 Å². The van der Waals surface area contributed by atoms with Crippen LogP contribution in [-0.4, -0.2) is 37.2 Å². The minimum atomic E-state index is -0.764. The van der Waals surface area contributed by atoms with Gasteiger partial charge in [-0.05, 0) is 37.0 Å². The molecule has 0 aromatic heterocycles. The number of unbranched alkanes of at least 4 members (excludes halogenated alkanes) is 35. The molecule has 0 aromatic carbocycles. The lowest BCUT2D eigenvalue weighted by Gasteiger charge is -2.18. The molecule has 0 aliphatic carbocycles. The molecule has 0 saturated carbocycles. The standard InChI is InChI=1S/C60H116O6/c1-7-56(6)48-42-36-29-25-21-17-12-10-8-9-11-13-19-23-27-31-39-45-51-60(63)66-57(53-65-59(62)50-44-38-33-32-35-41-47-55(4)5)52-64-58(61)49-43-37-30-26-22-18-15-14-16-20-24-28-34-40-46-54(2)3/h54-57H,7-53H2,1-6H3/t56?,57-/m1/s1. The monoisotopic (exact) mass is 933 g/mol. The van der Waals surface area contributed by atoms with Gasteiger partial charge in [0.15, 0.2) is 6.10 Å². The zero-order chi connectivity index (χ0) is 48.4. The summed E-state index contributed by atoms with van der Waals surface area (Å²) in [6.45, 7) is 13.7. The second-order valence-corrected chi connectivity index (χ2v) is 21.8. The number of rotatable bonds is 53. The molecule has 0 aromatic rings. The molecule has 392 valence electrons. The first-order valence-electron chi connectivity index (χ1n) is 29.6. The van der Waals surface area contributed by atoms with E-state index in [1.807, 2.05) is 0 Å². The van der Waals surface area contributed by atoms with E-state index in [1.54, 1.807) is 0 Å². The van der Waals surface area contributed by atoms with E-state index < -0.39 is 6.10 Å². The second-order valence-electron chi connectivity index (χ2n) is 21.8. The van der Waals surface area contributed by atoms with E-state index in [0.717, 1.165) is 75.5 Å². The second kappa shape index (κ2) is 51.3. The highest BCUT2D eigenvalue weighted by Gasteiger charge is 2.19. The topological polar surface area (TPSA) is 78.9 Å². The summed E-state index contributed by atoms with van der Waals surface area (Å²) in [6, 6.07) is 0. The summed E-state index contributed by atoms with van der Waals surface area (Å²) in [5.41, 5.74) is 0. The van der Waals surface area contributed by atoms with Gasteiger partial charge in [0.25, 0.3) is 0 Å². The van der Waals surface area contributed by atoms with Crippen LogP contribution in [0.4, 0.5) is 0 Å². The third kappa shape index (κ3) is 51.8. The summed E-state index contributed by atoms with van der Waals surface area (Å²) in [4.78, 5) is 38.1. The third-order valence-corrected chi connectivity index (χ3v) is 14.0. The minimum Gasteiger partial charge on any atom is -0.462 e. The largest absolute Gasteiger partial charge is 0.462 e. The van der Waals surface area contributed by atoms with Gasteiger partial charge in [-0.3, -0.25) is 14.4 Å². The molecule has 0 bridgehead atoms. The molecule has 6 heteroatoms. The van der Waals surface area contributed by atoms with E-state index in [0.29, 0.717) is 19.3 Å². The molecule has 2 atom stereocenters. The highest BCUT2D eigenvalue weighted by Crippen LogP contribution is 2.19. The molecule has 0 amide bonds. The van der Waals surface area contributed by atoms with E-state index in [4.69, 9.17) is 14.2 Å². The predicted molar refractivity (Wildman–Crippen MR) is 284 cm³/mol. The molecule has 0 rings (SSSR count). The number of ether oxygens (including phenoxy) is 3. The molecule has 0 radical (unpaired) electrons. The van der Waals surface area contributed by atoms with Gasteiger partial charge in [-0.1, -0.05) is 292 Å². The fraction of sp³-hybridized carbons (Fsp3) is 0.950. The van der Waals surface area contributed by atoms with E-state index in [9.17, 15) is 14.4 Å². The number of hydrogen-bond donors (Lipinski definition) is 0. The maximum absolute atomic E-state index is 12.9. The summed E-state index contributed by atoms with van der Waals surface area (Å²) in [5, 5.41) is 0. The van der Waals surface area contributed by atoms with Crippen LogP contribution in [0.2, 0.25) is 0 Å². The molecule has 1 unspecified atom stereocenters. The van der Waals surface area contributed by atoms with Crippen molar-refractivity contribution >= 4 is 17.9 Å². The first-order chi connectivity index (χ1) is 32.1. The Morgan fingerprint density at radius 1 is 0.303 bits per heavy atom. The SMILES string of the molecule is CCC(C)CCCCCCCCCCCCCCCCCCCCC(=O)O[C@H](COC(=O)CCCCCCCCCCCCCCCCC(C)C)COC(=O)CCCCCCCCC(C)C. The molecule has 0 fully saturated rings. The normalized spacial score (nSPS) is 12.5. The molecule has 0 aliphatic heterocycles. The Morgan fingerprint density at radius 2 is 0.530 bits per heavy atom. The van der Waals surface area contributed by atoms with Gasteiger partial charge < -0.3 is 14.2 Å². The number of hydrogen-bond acceptors (Lipinski definition) is 6. The van der Waals surface area contributed by atoms with Crippen molar-refractivity contribution in [1.29, 1.82) is 0 Å². The summed E-state index contributed by atoms with van der Waals surface area (Å²) < 4.78 is 16.9. The highest BCUT2D eigenvalue weighted by atomic mass is 16.6. The minimum absolute atomic E-state index is 0.0643. The summed E-state index contributed by atoms with van der Waals surface area (Å²) >= 11 is 0. The van der Waals surface area contributed by atoms with Crippen molar-refractivity contribution in [3.63, 3.8) is 0 Å². The Bertz CT molecular complexity index is 1020. The van der Waals surface area contributed by atoms with Crippen molar-refractivity contribution in [1.82, 2.24) is 0 Å². The molecule has 0 spiro atoms. The number of esters is 3. The van der Waals surface area contributed by atoms with Crippen molar-refractivity contribution in [3.8, 4) is 0 Å². The van der Waals surface area contributed by atoms with E-state index >= 15 is 0 Å². The molecule has 66 heavy (non-hydrogen) atoms. The Balaban J connectivity index is 4.19. The van der Waals surface area contributed by atoms with Gasteiger partial charge in [-0.2, -0.15) is 0 Å². The zero-order valence-corrected chi connectivity index (χ0v) is 45.5. The van der Waals surface area contributed by atoms with Crippen LogP contribution in [0, 0.1) is 17.8 Å². The fourth-order valence-electron chi connectivity index (χ4n) is 9.14. The lowest BCUT2D eigenvalue weighted by molar-refractivity contribution is -0.167. The van der Waals surface area contributed by atoms with Crippen LogP contribution in [0.3, 0.4) is 0 Å². The van der Waals surface area contributed by atoms with Gasteiger partial charge >= 0.3 is 17.9 Å². The maximum atomic E-state index is 12.9. The Hall–Kier alpha value is -1.59. The Kier molecular flexibility index (Phi) is 50.0. The van der Waals surface area contributed by atoms with E-state index in [-0.39, 0.29) is 31.1 Å². The lowest BCUT2D eigenvalue weighted by Crippen LogP contribution is -2.30. The van der Waals surface area contributed by atoms with Gasteiger partial charge in [-0.25, -0.2) is 0 Å². The Morgan fingerprint density at radius 3 is 0.788 bits per heavy atom. The zero-order valence-electron chi connectivity index (χ0n) is 45.5. The van der Waals surface area contributed by atoms with Crippen molar-refractivity contribution in [3.05, 3.63) is 0 Å². The molecule has 0 heterocycles.